The van der Waals surface area contributed by atoms with E-state index in [1.54, 1.807) is 7.11 Å². The first-order chi connectivity index (χ1) is 10.4. The van der Waals surface area contributed by atoms with Crippen LogP contribution in [0, 0.1) is 0 Å². The Morgan fingerprint density at radius 3 is 2.45 bits per heavy atom. The minimum Gasteiger partial charge on any atom is -0.495 e. The molecule has 2 rings (SSSR count). The van der Waals surface area contributed by atoms with Crippen LogP contribution in [0.25, 0.3) is 0 Å². The Hall–Kier alpha value is -2.63. The molecule has 116 valence electrons. The summed E-state index contributed by atoms with van der Waals surface area (Å²) < 4.78 is 5.26. The van der Waals surface area contributed by atoms with E-state index >= 15 is 0 Å². The second kappa shape index (κ2) is 6.43. The van der Waals surface area contributed by atoms with E-state index in [1.807, 2.05) is 45.0 Å². The van der Waals surface area contributed by atoms with E-state index < -0.39 is 0 Å². The van der Waals surface area contributed by atoms with Crippen LogP contribution in [-0.2, 0) is 0 Å². The van der Waals surface area contributed by atoms with Crippen molar-refractivity contribution in [1.82, 2.24) is 15.3 Å². The van der Waals surface area contributed by atoms with E-state index in [9.17, 15) is 4.79 Å². The summed E-state index contributed by atoms with van der Waals surface area (Å²) in [6, 6.07) is 7.50. The molecule has 0 bridgehead atoms. The number of amides is 1. The molecule has 0 saturated carbocycles. The average molecular weight is 300 g/mol. The first-order valence-corrected chi connectivity index (χ1v) is 6.93. The maximum atomic E-state index is 12.0. The van der Waals surface area contributed by atoms with Crippen LogP contribution in [0.4, 0.5) is 11.5 Å². The number of hydrogen-bond donors (Lipinski definition) is 2. The number of benzene rings is 1. The SMILES string of the molecule is COc1ccccc1Nc1cnc(C(=O)NC(C)(C)C)cn1. The van der Waals surface area contributed by atoms with Crippen molar-refractivity contribution in [1.29, 1.82) is 0 Å². The van der Waals surface area contributed by atoms with Gasteiger partial charge in [-0.1, -0.05) is 12.1 Å². The fourth-order valence-corrected chi connectivity index (χ4v) is 1.80. The Morgan fingerprint density at radius 2 is 1.86 bits per heavy atom. The molecule has 1 amide bonds. The van der Waals surface area contributed by atoms with Crippen LogP contribution in [0.15, 0.2) is 36.7 Å². The summed E-state index contributed by atoms with van der Waals surface area (Å²) >= 11 is 0. The molecule has 1 heterocycles. The number of para-hydroxylation sites is 2. The highest BCUT2D eigenvalue weighted by Gasteiger charge is 2.16. The number of aromatic nitrogens is 2. The second-order valence-corrected chi connectivity index (χ2v) is 5.82. The van der Waals surface area contributed by atoms with Crippen LogP contribution in [0.2, 0.25) is 0 Å². The molecule has 0 aliphatic heterocycles. The quantitative estimate of drug-likeness (QED) is 0.908. The molecule has 1 aromatic heterocycles. The largest absolute Gasteiger partial charge is 0.495 e. The Labute approximate surface area is 129 Å². The molecule has 0 spiro atoms. The fourth-order valence-electron chi connectivity index (χ4n) is 1.80. The summed E-state index contributed by atoms with van der Waals surface area (Å²) in [4.78, 5) is 20.3. The number of nitrogens with one attached hydrogen (secondary N) is 2. The van der Waals surface area contributed by atoms with Gasteiger partial charge in [-0.3, -0.25) is 4.79 Å². The highest BCUT2D eigenvalue weighted by Crippen LogP contribution is 2.25. The minimum atomic E-state index is -0.312. The Balaban J connectivity index is 2.11. The van der Waals surface area contributed by atoms with Crippen molar-refractivity contribution in [2.45, 2.75) is 26.3 Å². The first kappa shape index (κ1) is 15.8. The average Bonchev–Trinajstić information content (AvgIpc) is 2.47. The Bertz CT molecular complexity index is 648. The summed E-state index contributed by atoms with van der Waals surface area (Å²) in [6.07, 6.45) is 2.96. The zero-order valence-electron chi connectivity index (χ0n) is 13.2. The van der Waals surface area contributed by atoms with Gasteiger partial charge >= 0.3 is 0 Å². The number of anilines is 2. The number of carbonyl (C=O) groups is 1. The highest BCUT2D eigenvalue weighted by atomic mass is 16.5. The number of rotatable bonds is 4. The van der Waals surface area contributed by atoms with Crippen LogP contribution in [0.5, 0.6) is 5.75 Å². The van der Waals surface area contributed by atoms with Gasteiger partial charge in [-0.2, -0.15) is 0 Å². The summed E-state index contributed by atoms with van der Waals surface area (Å²) in [5.41, 5.74) is 0.749. The lowest BCUT2D eigenvalue weighted by atomic mass is 10.1. The number of carbonyl (C=O) groups excluding carboxylic acids is 1. The van der Waals surface area contributed by atoms with Crippen molar-refractivity contribution in [3.8, 4) is 5.75 Å². The van der Waals surface area contributed by atoms with Gasteiger partial charge in [-0.25, -0.2) is 9.97 Å². The fraction of sp³-hybridized carbons (Fsp3) is 0.312. The van der Waals surface area contributed by atoms with Crippen LogP contribution < -0.4 is 15.4 Å². The first-order valence-electron chi connectivity index (χ1n) is 6.93. The molecule has 0 unspecified atom stereocenters. The zero-order chi connectivity index (χ0) is 16.2. The summed E-state index contributed by atoms with van der Waals surface area (Å²) in [6.45, 7) is 5.74. The van der Waals surface area contributed by atoms with Gasteiger partial charge in [0.2, 0.25) is 0 Å². The molecule has 2 N–H and O–H groups in total. The molecule has 0 fully saturated rings. The second-order valence-electron chi connectivity index (χ2n) is 5.82. The van der Waals surface area contributed by atoms with Crippen molar-refractivity contribution in [2.24, 2.45) is 0 Å². The van der Waals surface area contributed by atoms with E-state index in [2.05, 4.69) is 20.6 Å². The molecule has 2 aromatic rings. The molecular formula is C16H20N4O2. The van der Waals surface area contributed by atoms with Gasteiger partial charge in [0.05, 0.1) is 25.2 Å². The number of ether oxygens (including phenoxy) is 1. The lowest BCUT2D eigenvalue weighted by Gasteiger charge is -2.20. The van der Waals surface area contributed by atoms with Crippen molar-refractivity contribution >= 4 is 17.4 Å². The molecule has 6 heteroatoms. The summed E-state index contributed by atoms with van der Waals surface area (Å²) in [5.74, 6) is 1.000. The van der Waals surface area contributed by atoms with E-state index in [4.69, 9.17) is 4.74 Å². The van der Waals surface area contributed by atoms with E-state index in [-0.39, 0.29) is 17.1 Å². The molecule has 22 heavy (non-hydrogen) atoms. The predicted molar refractivity (Wildman–Crippen MR) is 85.5 cm³/mol. The number of hydrogen-bond acceptors (Lipinski definition) is 5. The molecule has 1 aromatic carbocycles. The minimum absolute atomic E-state index is 0.246. The third-order valence-electron chi connectivity index (χ3n) is 2.74. The number of nitrogens with zero attached hydrogens (tertiary/aromatic N) is 2. The monoisotopic (exact) mass is 300 g/mol. The van der Waals surface area contributed by atoms with Gasteiger partial charge in [0.1, 0.15) is 17.3 Å². The third-order valence-corrected chi connectivity index (χ3v) is 2.74. The highest BCUT2D eigenvalue weighted by molar-refractivity contribution is 5.92. The Kier molecular flexibility index (Phi) is 4.60. The van der Waals surface area contributed by atoms with Crippen LogP contribution in [0.3, 0.4) is 0 Å². The van der Waals surface area contributed by atoms with Crippen molar-refractivity contribution in [2.75, 3.05) is 12.4 Å². The topological polar surface area (TPSA) is 76.1 Å². The molecule has 0 aliphatic rings. The lowest BCUT2D eigenvalue weighted by Crippen LogP contribution is -2.40. The van der Waals surface area contributed by atoms with Gasteiger partial charge in [0.25, 0.3) is 5.91 Å². The molecule has 0 atom stereocenters. The van der Waals surface area contributed by atoms with Gasteiger partial charge in [0.15, 0.2) is 0 Å². The van der Waals surface area contributed by atoms with Gasteiger partial charge in [-0.05, 0) is 32.9 Å². The van der Waals surface area contributed by atoms with E-state index in [0.29, 0.717) is 11.6 Å². The van der Waals surface area contributed by atoms with E-state index in [1.165, 1.54) is 12.4 Å². The Morgan fingerprint density at radius 1 is 1.14 bits per heavy atom. The zero-order valence-corrected chi connectivity index (χ0v) is 13.2. The molecular weight excluding hydrogens is 280 g/mol. The van der Waals surface area contributed by atoms with Crippen molar-refractivity contribution in [3.05, 3.63) is 42.4 Å². The third kappa shape index (κ3) is 4.18. The maximum Gasteiger partial charge on any atom is 0.271 e. The van der Waals surface area contributed by atoms with E-state index in [0.717, 1.165) is 5.69 Å². The van der Waals surface area contributed by atoms with Gasteiger partial charge in [0, 0.05) is 5.54 Å². The van der Waals surface area contributed by atoms with Gasteiger partial charge in [-0.15, -0.1) is 0 Å². The molecule has 6 nitrogen and oxygen atoms in total. The molecule has 0 radical (unpaired) electrons. The summed E-state index contributed by atoms with van der Waals surface area (Å²) in [7, 11) is 1.60. The lowest BCUT2D eigenvalue weighted by molar-refractivity contribution is 0.0914. The van der Waals surface area contributed by atoms with Crippen LogP contribution >= 0.6 is 0 Å². The smallest absolute Gasteiger partial charge is 0.271 e. The summed E-state index contributed by atoms with van der Waals surface area (Å²) in [5, 5.41) is 5.95. The number of methoxy groups -OCH3 is 1. The van der Waals surface area contributed by atoms with Crippen LogP contribution in [-0.4, -0.2) is 28.5 Å². The molecule has 0 saturated heterocycles. The standard InChI is InChI=1S/C16H20N4O2/c1-16(2,3)20-15(21)12-9-18-14(10-17-12)19-11-7-5-6-8-13(11)22-4/h5-10H,1-4H3,(H,18,19)(H,20,21). The van der Waals surface area contributed by atoms with Gasteiger partial charge < -0.3 is 15.4 Å². The molecule has 0 aliphatic carbocycles. The maximum absolute atomic E-state index is 12.0. The normalized spacial score (nSPS) is 10.9. The van der Waals surface area contributed by atoms with Crippen LogP contribution in [0.1, 0.15) is 31.3 Å². The van der Waals surface area contributed by atoms with Crippen molar-refractivity contribution < 1.29 is 9.53 Å². The predicted octanol–water partition coefficient (Wildman–Crippen LogP) is 2.76. The van der Waals surface area contributed by atoms with Crippen molar-refractivity contribution in [3.63, 3.8) is 0 Å².